The lowest BCUT2D eigenvalue weighted by atomic mass is 10.1. The zero-order valence-electron chi connectivity index (χ0n) is 11.6. The van der Waals surface area contributed by atoms with Gasteiger partial charge in [-0.2, -0.15) is 0 Å². The molecular formula is C13H17FN2O4S. The van der Waals surface area contributed by atoms with Gasteiger partial charge in [0.05, 0.1) is 12.9 Å². The number of amides is 1. The van der Waals surface area contributed by atoms with Crippen molar-refractivity contribution in [3.63, 3.8) is 0 Å². The third kappa shape index (κ3) is 4.15. The highest BCUT2D eigenvalue weighted by Crippen LogP contribution is 2.25. The van der Waals surface area contributed by atoms with Crippen LogP contribution in [0.5, 0.6) is 5.75 Å². The van der Waals surface area contributed by atoms with Crippen LogP contribution in [0.25, 0.3) is 0 Å². The van der Waals surface area contributed by atoms with Crippen LogP contribution in [0.2, 0.25) is 0 Å². The van der Waals surface area contributed by atoms with E-state index in [-0.39, 0.29) is 30.5 Å². The van der Waals surface area contributed by atoms with Crippen LogP contribution >= 0.6 is 0 Å². The SMILES string of the molecule is COc1cc(F)ccc1CN1CC(CS(N)(=O)=O)CC1=O. The number of primary sulfonamides is 1. The van der Waals surface area contributed by atoms with E-state index in [4.69, 9.17) is 9.88 Å². The summed E-state index contributed by atoms with van der Waals surface area (Å²) in [6.07, 6.45) is 0.153. The van der Waals surface area contributed by atoms with Gasteiger partial charge in [0, 0.05) is 37.1 Å². The normalized spacial score (nSPS) is 19.1. The molecule has 1 aromatic carbocycles. The van der Waals surface area contributed by atoms with Crippen molar-refractivity contribution in [1.82, 2.24) is 4.90 Å². The Kier molecular flexibility index (Phi) is 4.48. The summed E-state index contributed by atoms with van der Waals surface area (Å²) in [4.78, 5) is 13.5. The Morgan fingerprint density at radius 2 is 2.19 bits per heavy atom. The predicted molar refractivity (Wildman–Crippen MR) is 74.5 cm³/mol. The number of hydrogen-bond acceptors (Lipinski definition) is 4. The minimum Gasteiger partial charge on any atom is -0.496 e. The first kappa shape index (κ1) is 15.7. The molecular weight excluding hydrogens is 299 g/mol. The quantitative estimate of drug-likeness (QED) is 0.855. The molecule has 0 aromatic heterocycles. The van der Waals surface area contributed by atoms with Gasteiger partial charge < -0.3 is 9.64 Å². The van der Waals surface area contributed by atoms with Crippen LogP contribution < -0.4 is 9.88 Å². The maximum Gasteiger partial charge on any atom is 0.223 e. The van der Waals surface area contributed by atoms with E-state index in [0.717, 1.165) is 0 Å². The van der Waals surface area contributed by atoms with Crippen molar-refractivity contribution in [2.45, 2.75) is 13.0 Å². The molecule has 116 valence electrons. The van der Waals surface area contributed by atoms with Crippen molar-refractivity contribution >= 4 is 15.9 Å². The Morgan fingerprint density at radius 3 is 2.81 bits per heavy atom. The summed E-state index contributed by atoms with van der Waals surface area (Å²) in [5.74, 6) is -0.724. The smallest absolute Gasteiger partial charge is 0.223 e. The highest BCUT2D eigenvalue weighted by atomic mass is 32.2. The van der Waals surface area contributed by atoms with Crippen molar-refractivity contribution < 1.29 is 22.3 Å². The molecule has 1 aliphatic rings. The van der Waals surface area contributed by atoms with E-state index in [2.05, 4.69) is 0 Å². The molecule has 1 heterocycles. The van der Waals surface area contributed by atoms with Crippen LogP contribution in [0.3, 0.4) is 0 Å². The molecule has 6 nitrogen and oxygen atoms in total. The van der Waals surface area contributed by atoms with Crippen molar-refractivity contribution in [3.8, 4) is 5.75 Å². The number of methoxy groups -OCH3 is 1. The molecule has 1 fully saturated rings. The maximum atomic E-state index is 13.1. The summed E-state index contributed by atoms with van der Waals surface area (Å²) in [5.41, 5.74) is 0.670. The lowest BCUT2D eigenvalue weighted by Gasteiger charge is -2.18. The minimum absolute atomic E-state index is 0.143. The third-order valence-electron chi connectivity index (χ3n) is 3.37. The van der Waals surface area contributed by atoms with Gasteiger partial charge in [-0.1, -0.05) is 6.07 Å². The van der Waals surface area contributed by atoms with Gasteiger partial charge in [-0.05, 0) is 6.07 Å². The third-order valence-corrected chi connectivity index (χ3v) is 4.31. The number of sulfonamides is 1. The second-order valence-electron chi connectivity index (χ2n) is 5.13. The van der Waals surface area contributed by atoms with Crippen LogP contribution in [-0.4, -0.2) is 38.6 Å². The molecule has 1 saturated heterocycles. The standard InChI is InChI=1S/C13H17FN2O4S/c1-20-12-5-11(14)3-2-10(12)7-16-6-9(4-13(16)17)8-21(15,18)19/h2-3,5,9H,4,6-8H2,1H3,(H2,15,18,19). The Balaban J connectivity index is 2.09. The summed E-state index contributed by atoms with van der Waals surface area (Å²) < 4.78 is 40.4. The molecule has 8 heteroatoms. The van der Waals surface area contributed by atoms with Gasteiger partial charge in [-0.3, -0.25) is 4.79 Å². The molecule has 0 bridgehead atoms. The highest BCUT2D eigenvalue weighted by Gasteiger charge is 2.32. The number of hydrogen-bond donors (Lipinski definition) is 1. The zero-order chi connectivity index (χ0) is 15.6. The molecule has 1 aliphatic heterocycles. The van der Waals surface area contributed by atoms with Gasteiger partial charge in [-0.25, -0.2) is 17.9 Å². The van der Waals surface area contributed by atoms with Crippen LogP contribution in [0, 0.1) is 11.7 Å². The summed E-state index contributed by atoms with van der Waals surface area (Å²) in [5, 5.41) is 5.00. The van der Waals surface area contributed by atoms with Gasteiger partial charge in [0.1, 0.15) is 11.6 Å². The fourth-order valence-electron chi connectivity index (χ4n) is 2.50. The van der Waals surface area contributed by atoms with Gasteiger partial charge in [0.2, 0.25) is 15.9 Å². The van der Waals surface area contributed by atoms with E-state index in [0.29, 0.717) is 17.9 Å². The summed E-state index contributed by atoms with van der Waals surface area (Å²) in [6.45, 7) is 0.569. The first-order valence-corrected chi connectivity index (χ1v) is 8.10. The fraction of sp³-hybridized carbons (Fsp3) is 0.462. The number of likely N-dealkylation sites (tertiary alicyclic amines) is 1. The number of nitrogens with two attached hydrogens (primary N) is 1. The molecule has 1 aromatic rings. The van der Waals surface area contributed by atoms with Crippen LogP contribution in [0.1, 0.15) is 12.0 Å². The second kappa shape index (κ2) is 5.98. The number of rotatable bonds is 5. The van der Waals surface area contributed by atoms with Gasteiger partial charge >= 0.3 is 0 Å². The molecule has 0 saturated carbocycles. The Labute approximate surface area is 122 Å². The van der Waals surface area contributed by atoms with E-state index < -0.39 is 15.8 Å². The molecule has 1 atom stereocenters. The Morgan fingerprint density at radius 1 is 1.48 bits per heavy atom. The largest absolute Gasteiger partial charge is 0.496 e. The molecule has 1 unspecified atom stereocenters. The number of nitrogens with zero attached hydrogens (tertiary/aromatic N) is 1. The minimum atomic E-state index is -3.60. The van der Waals surface area contributed by atoms with E-state index in [1.807, 2.05) is 0 Å². The topological polar surface area (TPSA) is 89.7 Å². The first-order valence-electron chi connectivity index (χ1n) is 6.39. The van der Waals surface area contributed by atoms with E-state index in [1.165, 1.54) is 24.1 Å². The highest BCUT2D eigenvalue weighted by molar-refractivity contribution is 7.89. The van der Waals surface area contributed by atoms with Crippen LogP contribution in [0.4, 0.5) is 4.39 Å². The van der Waals surface area contributed by atoms with E-state index in [1.54, 1.807) is 6.07 Å². The molecule has 0 radical (unpaired) electrons. The van der Waals surface area contributed by atoms with Crippen molar-refractivity contribution in [3.05, 3.63) is 29.6 Å². The fourth-order valence-corrected chi connectivity index (χ4v) is 3.38. The molecule has 2 N–H and O–H groups in total. The number of carbonyl (C=O) groups is 1. The van der Waals surface area contributed by atoms with Gasteiger partial charge in [0.15, 0.2) is 0 Å². The zero-order valence-corrected chi connectivity index (χ0v) is 12.4. The van der Waals surface area contributed by atoms with E-state index in [9.17, 15) is 17.6 Å². The number of benzene rings is 1. The summed E-state index contributed by atoms with van der Waals surface area (Å²) in [7, 11) is -2.17. The predicted octanol–water partition coefficient (Wildman–Crippen LogP) is 0.471. The second-order valence-corrected chi connectivity index (χ2v) is 6.79. The number of carbonyl (C=O) groups excluding carboxylic acids is 1. The lowest BCUT2D eigenvalue weighted by molar-refractivity contribution is -0.128. The summed E-state index contributed by atoms with van der Waals surface area (Å²) in [6, 6.07) is 4.09. The Hall–Kier alpha value is -1.67. The van der Waals surface area contributed by atoms with Crippen LogP contribution in [-0.2, 0) is 21.4 Å². The first-order chi connectivity index (χ1) is 9.78. The molecule has 21 heavy (non-hydrogen) atoms. The summed E-state index contributed by atoms with van der Waals surface area (Å²) >= 11 is 0. The van der Waals surface area contributed by atoms with E-state index >= 15 is 0 Å². The molecule has 1 amide bonds. The molecule has 0 spiro atoms. The average Bonchev–Trinajstić information content (AvgIpc) is 2.69. The van der Waals surface area contributed by atoms with Gasteiger partial charge in [-0.15, -0.1) is 0 Å². The monoisotopic (exact) mass is 316 g/mol. The Bertz CT molecular complexity index is 648. The number of halogens is 1. The van der Waals surface area contributed by atoms with Crippen molar-refractivity contribution in [2.24, 2.45) is 11.1 Å². The molecule has 2 rings (SSSR count). The average molecular weight is 316 g/mol. The number of ether oxygens (including phenoxy) is 1. The maximum absolute atomic E-state index is 13.1. The van der Waals surface area contributed by atoms with Gasteiger partial charge in [0.25, 0.3) is 0 Å². The van der Waals surface area contributed by atoms with Crippen molar-refractivity contribution in [1.29, 1.82) is 0 Å². The van der Waals surface area contributed by atoms with Crippen molar-refractivity contribution in [2.75, 3.05) is 19.4 Å². The molecule has 0 aliphatic carbocycles. The lowest BCUT2D eigenvalue weighted by Crippen LogP contribution is -2.27. The van der Waals surface area contributed by atoms with Crippen LogP contribution in [0.15, 0.2) is 18.2 Å².